The van der Waals surface area contributed by atoms with E-state index in [2.05, 4.69) is 10.6 Å². The van der Waals surface area contributed by atoms with Crippen molar-refractivity contribution in [3.63, 3.8) is 0 Å². The molecule has 2 fully saturated rings. The summed E-state index contributed by atoms with van der Waals surface area (Å²) >= 11 is 0. The van der Waals surface area contributed by atoms with Crippen LogP contribution in [0.3, 0.4) is 0 Å². The second-order valence-electron chi connectivity index (χ2n) is 9.20. The molecule has 2 unspecified atom stereocenters. The lowest BCUT2D eigenvalue weighted by Gasteiger charge is -2.31. The Morgan fingerprint density at radius 2 is 1.79 bits per heavy atom. The number of anilines is 1. The number of amides is 3. The van der Waals surface area contributed by atoms with Crippen molar-refractivity contribution in [2.45, 2.75) is 63.1 Å². The molecule has 3 aliphatic rings. The minimum absolute atomic E-state index is 0.130. The summed E-state index contributed by atoms with van der Waals surface area (Å²) in [7, 11) is 0. The molecule has 1 saturated heterocycles. The lowest BCUT2D eigenvalue weighted by atomic mass is 9.94. The summed E-state index contributed by atoms with van der Waals surface area (Å²) in [4.78, 5) is 40.0. The van der Waals surface area contributed by atoms with Crippen LogP contribution in [0.15, 0.2) is 48.5 Å². The summed E-state index contributed by atoms with van der Waals surface area (Å²) in [6, 6.07) is 14.6. The van der Waals surface area contributed by atoms with Crippen LogP contribution in [-0.4, -0.2) is 47.4 Å². The van der Waals surface area contributed by atoms with E-state index in [4.69, 9.17) is 4.74 Å². The van der Waals surface area contributed by atoms with Gasteiger partial charge in [0.1, 0.15) is 5.75 Å². The maximum atomic E-state index is 12.9. The number of carbonyl (C=O) groups excluding carboxylic acids is 3. The van der Waals surface area contributed by atoms with Gasteiger partial charge in [-0.1, -0.05) is 43.5 Å². The van der Waals surface area contributed by atoms with Crippen molar-refractivity contribution >= 4 is 23.4 Å². The van der Waals surface area contributed by atoms with E-state index in [1.165, 1.54) is 19.3 Å². The Hall–Kier alpha value is -3.35. The zero-order chi connectivity index (χ0) is 22.8. The molecule has 2 aliphatic heterocycles. The van der Waals surface area contributed by atoms with Gasteiger partial charge in [-0.15, -0.1) is 0 Å². The van der Waals surface area contributed by atoms with Crippen LogP contribution in [0.1, 0.15) is 54.4 Å². The van der Waals surface area contributed by atoms with Gasteiger partial charge < -0.3 is 20.3 Å². The summed E-state index contributed by atoms with van der Waals surface area (Å²) in [5, 5.41) is 5.86. The molecule has 2 heterocycles. The molecule has 0 bridgehead atoms. The predicted octanol–water partition coefficient (Wildman–Crippen LogP) is 3.29. The van der Waals surface area contributed by atoms with Crippen molar-refractivity contribution in [2.24, 2.45) is 0 Å². The fraction of sp³-hybridized carbons (Fsp3) is 0.423. The van der Waals surface area contributed by atoms with Crippen LogP contribution in [0.4, 0.5) is 5.69 Å². The van der Waals surface area contributed by atoms with E-state index in [9.17, 15) is 14.4 Å². The number of hydrogen-bond donors (Lipinski definition) is 2. The van der Waals surface area contributed by atoms with Crippen LogP contribution in [0.5, 0.6) is 5.75 Å². The predicted molar refractivity (Wildman–Crippen MR) is 124 cm³/mol. The third-order valence-corrected chi connectivity index (χ3v) is 6.84. The normalized spacial score (nSPS) is 22.5. The van der Waals surface area contributed by atoms with Crippen molar-refractivity contribution in [1.29, 1.82) is 0 Å². The standard InChI is InChI=1S/C26H29N3O4/c30-24-15-20(16-29(24)21-10-2-1-3-11-21)28-25(31)18-8-6-9-19(13-18)27-26(32)23-14-17-7-4-5-12-22(17)33-23/h4-9,12-13,20-21,23H,1-3,10-11,14-16H2,(H,27,32)(H,28,31). The summed E-state index contributed by atoms with van der Waals surface area (Å²) in [6.07, 6.45) is 5.98. The van der Waals surface area contributed by atoms with Crippen LogP contribution in [0.2, 0.25) is 0 Å². The summed E-state index contributed by atoms with van der Waals surface area (Å²) < 4.78 is 5.75. The quantitative estimate of drug-likeness (QED) is 0.736. The molecular formula is C26H29N3O4. The van der Waals surface area contributed by atoms with Gasteiger partial charge >= 0.3 is 0 Å². The van der Waals surface area contributed by atoms with Crippen LogP contribution >= 0.6 is 0 Å². The molecule has 2 aromatic carbocycles. The number of hydrogen-bond acceptors (Lipinski definition) is 4. The molecular weight excluding hydrogens is 418 g/mol. The highest BCUT2D eigenvalue weighted by molar-refractivity contribution is 5.99. The number of carbonyl (C=O) groups is 3. The fourth-order valence-electron chi connectivity index (χ4n) is 5.13. The van der Waals surface area contributed by atoms with Gasteiger partial charge in [0.2, 0.25) is 5.91 Å². The number of ether oxygens (including phenoxy) is 1. The Labute approximate surface area is 193 Å². The zero-order valence-corrected chi connectivity index (χ0v) is 18.6. The number of nitrogens with one attached hydrogen (secondary N) is 2. The highest BCUT2D eigenvalue weighted by Crippen LogP contribution is 2.29. The second kappa shape index (κ2) is 9.25. The van der Waals surface area contributed by atoms with Crippen LogP contribution < -0.4 is 15.4 Å². The third-order valence-electron chi connectivity index (χ3n) is 6.84. The van der Waals surface area contributed by atoms with Gasteiger partial charge in [-0.3, -0.25) is 14.4 Å². The maximum Gasteiger partial charge on any atom is 0.265 e. The van der Waals surface area contributed by atoms with Crippen LogP contribution in [0.25, 0.3) is 0 Å². The van der Waals surface area contributed by atoms with Gasteiger partial charge in [-0.05, 0) is 42.7 Å². The first-order chi connectivity index (χ1) is 16.1. The molecule has 2 aromatic rings. The SMILES string of the molecule is O=C(NC1CC(=O)N(C2CCCCC2)C1)c1cccc(NC(=O)C2Cc3ccccc3O2)c1. The van der Waals surface area contributed by atoms with Crippen LogP contribution in [0, 0.1) is 0 Å². The van der Waals surface area contributed by atoms with Crippen molar-refractivity contribution in [1.82, 2.24) is 10.2 Å². The molecule has 0 radical (unpaired) electrons. The molecule has 2 atom stereocenters. The van der Waals surface area contributed by atoms with E-state index in [1.807, 2.05) is 29.2 Å². The Morgan fingerprint density at radius 1 is 0.970 bits per heavy atom. The topological polar surface area (TPSA) is 87.7 Å². The molecule has 0 aromatic heterocycles. The smallest absolute Gasteiger partial charge is 0.265 e. The molecule has 2 N–H and O–H groups in total. The Morgan fingerprint density at radius 3 is 2.61 bits per heavy atom. The maximum absolute atomic E-state index is 12.9. The highest BCUT2D eigenvalue weighted by atomic mass is 16.5. The molecule has 1 aliphatic carbocycles. The van der Waals surface area contributed by atoms with Crippen LogP contribution in [-0.2, 0) is 16.0 Å². The first-order valence-corrected chi connectivity index (χ1v) is 11.8. The summed E-state index contributed by atoms with van der Waals surface area (Å²) in [5.41, 5.74) is 2.00. The van der Waals surface area contributed by atoms with Crippen molar-refractivity contribution in [3.8, 4) is 5.75 Å². The molecule has 1 saturated carbocycles. The molecule has 7 heteroatoms. The number of rotatable bonds is 5. The molecule has 7 nitrogen and oxygen atoms in total. The van der Waals surface area contributed by atoms with Crippen molar-refractivity contribution in [2.75, 3.05) is 11.9 Å². The number of fused-ring (bicyclic) bond motifs is 1. The summed E-state index contributed by atoms with van der Waals surface area (Å²) in [5.74, 6) is 0.386. The minimum atomic E-state index is -0.588. The Bertz CT molecular complexity index is 1040. The number of likely N-dealkylation sites (tertiary alicyclic amines) is 1. The summed E-state index contributed by atoms with van der Waals surface area (Å²) in [6.45, 7) is 0.575. The average molecular weight is 448 g/mol. The average Bonchev–Trinajstić information content (AvgIpc) is 3.43. The van der Waals surface area contributed by atoms with Gasteiger partial charge in [-0.2, -0.15) is 0 Å². The third kappa shape index (κ3) is 4.72. The zero-order valence-electron chi connectivity index (χ0n) is 18.6. The van der Waals surface area contributed by atoms with Crippen molar-refractivity contribution < 1.29 is 19.1 Å². The number of benzene rings is 2. The van der Waals surface area contributed by atoms with E-state index in [0.29, 0.717) is 36.7 Å². The van der Waals surface area contributed by atoms with E-state index in [1.54, 1.807) is 24.3 Å². The minimum Gasteiger partial charge on any atom is -0.480 e. The number of nitrogens with zero attached hydrogens (tertiary/aromatic N) is 1. The first kappa shape index (κ1) is 21.5. The first-order valence-electron chi connectivity index (χ1n) is 11.8. The van der Waals surface area contributed by atoms with Gasteiger partial charge in [0.25, 0.3) is 11.8 Å². The molecule has 3 amide bonds. The molecule has 33 heavy (non-hydrogen) atoms. The lowest BCUT2D eigenvalue weighted by Crippen LogP contribution is -2.41. The van der Waals surface area contributed by atoms with Gasteiger partial charge in [0, 0.05) is 36.7 Å². The van der Waals surface area contributed by atoms with E-state index >= 15 is 0 Å². The largest absolute Gasteiger partial charge is 0.480 e. The Kier molecular flexibility index (Phi) is 6.03. The molecule has 0 spiro atoms. The van der Waals surface area contributed by atoms with E-state index in [-0.39, 0.29) is 23.8 Å². The van der Waals surface area contributed by atoms with E-state index < -0.39 is 6.10 Å². The second-order valence-corrected chi connectivity index (χ2v) is 9.20. The van der Waals surface area contributed by atoms with Gasteiger partial charge in [0.15, 0.2) is 6.10 Å². The lowest BCUT2D eigenvalue weighted by molar-refractivity contribution is -0.130. The Balaban J connectivity index is 1.17. The van der Waals surface area contributed by atoms with E-state index in [0.717, 1.165) is 24.2 Å². The molecule has 5 rings (SSSR count). The van der Waals surface area contributed by atoms with Gasteiger partial charge in [-0.25, -0.2) is 0 Å². The monoisotopic (exact) mass is 447 g/mol. The van der Waals surface area contributed by atoms with Gasteiger partial charge in [0.05, 0.1) is 6.04 Å². The molecule has 172 valence electrons. The fourth-order valence-corrected chi connectivity index (χ4v) is 5.13. The number of para-hydroxylation sites is 1. The highest BCUT2D eigenvalue weighted by Gasteiger charge is 2.35. The van der Waals surface area contributed by atoms with Crippen molar-refractivity contribution in [3.05, 3.63) is 59.7 Å².